The third kappa shape index (κ3) is 5.34. The second-order valence-corrected chi connectivity index (χ2v) is 7.85. The van der Waals surface area contributed by atoms with Gasteiger partial charge in [-0.1, -0.05) is 11.8 Å². The molecule has 0 spiro atoms. The molecule has 158 valence electrons. The molecule has 2 aromatic heterocycles. The Hall–Kier alpha value is -2.96. The molecular weight excluding hydrogens is 428 g/mol. The quantitative estimate of drug-likeness (QED) is 0.420. The highest BCUT2D eigenvalue weighted by Crippen LogP contribution is 2.20. The number of thiazole rings is 1. The molecular formula is C18H20N6O4S2. The van der Waals surface area contributed by atoms with E-state index in [9.17, 15) is 14.7 Å². The van der Waals surface area contributed by atoms with Crippen molar-refractivity contribution in [3.05, 3.63) is 47.2 Å². The highest BCUT2D eigenvalue weighted by atomic mass is 32.2. The molecule has 3 N–H and O–H groups in total. The Morgan fingerprint density at radius 2 is 2.07 bits per heavy atom. The second kappa shape index (κ2) is 10.2. The zero-order chi connectivity index (χ0) is 21.5. The predicted molar refractivity (Wildman–Crippen MR) is 113 cm³/mol. The Morgan fingerprint density at radius 1 is 1.30 bits per heavy atom. The molecule has 10 nitrogen and oxygen atoms in total. The highest BCUT2D eigenvalue weighted by molar-refractivity contribution is 7.99. The summed E-state index contributed by atoms with van der Waals surface area (Å²) in [5, 5.41) is 26.1. The molecule has 3 aromatic rings. The van der Waals surface area contributed by atoms with Gasteiger partial charge in [0.15, 0.2) is 16.1 Å². The number of aromatic nitrogens is 4. The van der Waals surface area contributed by atoms with Gasteiger partial charge in [0.2, 0.25) is 5.91 Å². The number of hydrogen-bond donors (Lipinski definition) is 3. The molecule has 0 radical (unpaired) electrons. The molecule has 3 rings (SSSR count). The highest BCUT2D eigenvalue weighted by Gasteiger charge is 2.22. The van der Waals surface area contributed by atoms with Gasteiger partial charge in [-0.2, -0.15) is 0 Å². The van der Waals surface area contributed by atoms with Crippen molar-refractivity contribution in [1.82, 2.24) is 25.1 Å². The maximum Gasteiger partial charge on any atom is 0.251 e. The predicted octanol–water partition coefficient (Wildman–Crippen LogP) is 1.47. The van der Waals surface area contributed by atoms with Crippen molar-refractivity contribution < 1.29 is 19.4 Å². The molecule has 0 saturated carbocycles. The van der Waals surface area contributed by atoms with Crippen LogP contribution in [0.2, 0.25) is 0 Å². The smallest absolute Gasteiger partial charge is 0.251 e. The van der Waals surface area contributed by atoms with Crippen molar-refractivity contribution in [2.24, 2.45) is 7.05 Å². The molecule has 1 atom stereocenters. The van der Waals surface area contributed by atoms with Crippen LogP contribution >= 0.6 is 23.1 Å². The van der Waals surface area contributed by atoms with Crippen molar-refractivity contribution in [2.75, 3.05) is 24.8 Å². The minimum Gasteiger partial charge on any atom is -0.497 e. The lowest BCUT2D eigenvalue weighted by molar-refractivity contribution is -0.113. The van der Waals surface area contributed by atoms with E-state index in [1.807, 2.05) is 0 Å². The van der Waals surface area contributed by atoms with Crippen LogP contribution in [-0.2, 0) is 11.8 Å². The standard InChI is InChI=1S/C18H20N6O4S2/c1-24-15(13(9-25)20-16(27)11-3-5-12(28-2)6-4-11)22-23-18(24)30-10-14(26)21-17-19-7-8-29-17/h3-8,13,25H,9-10H2,1-2H3,(H,20,27)(H,19,21,26)/t13-/m0/s1. The number of amides is 2. The van der Waals surface area contributed by atoms with Gasteiger partial charge in [0, 0.05) is 24.2 Å². The van der Waals surface area contributed by atoms with E-state index in [1.54, 1.807) is 54.6 Å². The lowest BCUT2D eigenvalue weighted by Crippen LogP contribution is -2.32. The van der Waals surface area contributed by atoms with Gasteiger partial charge >= 0.3 is 0 Å². The molecule has 2 amide bonds. The lowest BCUT2D eigenvalue weighted by atomic mass is 10.2. The van der Waals surface area contributed by atoms with Gasteiger partial charge in [0.25, 0.3) is 5.91 Å². The van der Waals surface area contributed by atoms with Crippen molar-refractivity contribution in [3.63, 3.8) is 0 Å². The Kier molecular flexibility index (Phi) is 7.38. The van der Waals surface area contributed by atoms with Gasteiger partial charge in [-0.25, -0.2) is 4.98 Å². The molecule has 0 aliphatic rings. The van der Waals surface area contributed by atoms with E-state index in [2.05, 4.69) is 25.8 Å². The first-order chi connectivity index (χ1) is 14.5. The van der Waals surface area contributed by atoms with Crippen molar-refractivity contribution in [3.8, 4) is 5.75 Å². The van der Waals surface area contributed by atoms with Gasteiger partial charge in [-0.05, 0) is 24.3 Å². The van der Waals surface area contributed by atoms with Crippen LogP contribution in [0.3, 0.4) is 0 Å². The van der Waals surface area contributed by atoms with Gasteiger partial charge in [-0.3, -0.25) is 9.59 Å². The third-order valence-electron chi connectivity index (χ3n) is 4.03. The van der Waals surface area contributed by atoms with Crippen LogP contribution in [0.25, 0.3) is 0 Å². The first-order valence-corrected chi connectivity index (χ1v) is 10.7. The van der Waals surface area contributed by atoms with E-state index in [1.165, 1.54) is 23.1 Å². The number of carbonyl (C=O) groups excluding carboxylic acids is 2. The molecule has 12 heteroatoms. The molecule has 0 bridgehead atoms. The van der Waals surface area contributed by atoms with Crippen LogP contribution in [0.1, 0.15) is 22.2 Å². The van der Waals surface area contributed by atoms with E-state index >= 15 is 0 Å². The largest absolute Gasteiger partial charge is 0.497 e. The Balaban J connectivity index is 1.61. The number of benzene rings is 1. The second-order valence-electron chi connectivity index (χ2n) is 6.01. The first kappa shape index (κ1) is 21.7. The van der Waals surface area contributed by atoms with Crippen molar-refractivity contribution in [1.29, 1.82) is 0 Å². The number of nitrogens with one attached hydrogen (secondary N) is 2. The average molecular weight is 449 g/mol. The number of aliphatic hydroxyl groups excluding tert-OH is 1. The lowest BCUT2D eigenvalue weighted by Gasteiger charge is -2.16. The number of anilines is 1. The fourth-order valence-corrected chi connectivity index (χ4v) is 3.76. The topological polar surface area (TPSA) is 131 Å². The third-order valence-corrected chi connectivity index (χ3v) is 5.74. The number of carbonyl (C=O) groups is 2. The van der Waals surface area contributed by atoms with Crippen molar-refractivity contribution in [2.45, 2.75) is 11.2 Å². The number of aliphatic hydroxyl groups is 1. The number of nitrogens with zero attached hydrogens (tertiary/aromatic N) is 4. The summed E-state index contributed by atoms with van der Waals surface area (Å²) in [6, 6.07) is 5.85. The monoisotopic (exact) mass is 448 g/mol. The Morgan fingerprint density at radius 3 is 2.70 bits per heavy atom. The van der Waals surface area contributed by atoms with Gasteiger partial charge < -0.3 is 25.0 Å². The number of hydrogen-bond acceptors (Lipinski definition) is 9. The summed E-state index contributed by atoms with van der Waals surface area (Å²) in [4.78, 5) is 28.5. The van der Waals surface area contributed by atoms with Crippen LogP contribution in [-0.4, -0.2) is 56.1 Å². The number of methoxy groups -OCH3 is 1. The molecule has 2 heterocycles. The molecule has 1 aromatic carbocycles. The number of thioether (sulfide) groups is 1. The minimum absolute atomic E-state index is 0.119. The zero-order valence-electron chi connectivity index (χ0n) is 16.2. The summed E-state index contributed by atoms with van der Waals surface area (Å²) in [6.07, 6.45) is 1.61. The van der Waals surface area contributed by atoms with E-state index in [0.717, 1.165) is 0 Å². The SMILES string of the molecule is COc1ccc(C(=O)N[C@@H](CO)c2nnc(SCC(=O)Nc3nccs3)n2C)cc1. The maximum absolute atomic E-state index is 12.5. The van der Waals surface area contributed by atoms with E-state index < -0.39 is 6.04 Å². The minimum atomic E-state index is -0.754. The van der Waals surface area contributed by atoms with Gasteiger partial charge in [0.05, 0.1) is 19.5 Å². The molecule has 0 saturated heterocycles. The normalized spacial score (nSPS) is 11.7. The summed E-state index contributed by atoms with van der Waals surface area (Å²) in [7, 11) is 3.25. The summed E-state index contributed by atoms with van der Waals surface area (Å²) in [5.41, 5.74) is 0.421. The molecule has 0 unspecified atom stereocenters. The molecule has 0 fully saturated rings. The van der Waals surface area contributed by atoms with E-state index in [0.29, 0.717) is 27.4 Å². The van der Waals surface area contributed by atoms with Crippen LogP contribution in [0.15, 0.2) is 41.0 Å². The molecule has 0 aliphatic heterocycles. The number of rotatable bonds is 9. The maximum atomic E-state index is 12.5. The molecule has 0 aliphatic carbocycles. The zero-order valence-corrected chi connectivity index (χ0v) is 17.9. The van der Waals surface area contributed by atoms with Crippen LogP contribution in [0, 0.1) is 0 Å². The Bertz CT molecular complexity index is 991. The summed E-state index contributed by atoms with van der Waals surface area (Å²) in [5.74, 6) is 0.553. The summed E-state index contributed by atoms with van der Waals surface area (Å²) < 4.78 is 6.72. The summed E-state index contributed by atoms with van der Waals surface area (Å²) in [6.45, 7) is -0.358. The van der Waals surface area contributed by atoms with Crippen molar-refractivity contribution >= 4 is 40.0 Å². The average Bonchev–Trinajstić information content (AvgIpc) is 3.40. The Labute approximate surface area is 180 Å². The van der Waals surface area contributed by atoms with Gasteiger partial charge in [-0.15, -0.1) is 21.5 Å². The first-order valence-electron chi connectivity index (χ1n) is 8.79. The number of ether oxygens (including phenoxy) is 1. The molecule has 30 heavy (non-hydrogen) atoms. The van der Waals surface area contributed by atoms with E-state index in [-0.39, 0.29) is 24.2 Å². The fourth-order valence-electron chi connectivity index (χ4n) is 2.50. The summed E-state index contributed by atoms with van der Waals surface area (Å²) >= 11 is 2.52. The van der Waals surface area contributed by atoms with Crippen LogP contribution < -0.4 is 15.4 Å². The van der Waals surface area contributed by atoms with Gasteiger partial charge in [0.1, 0.15) is 11.8 Å². The van der Waals surface area contributed by atoms with Crippen LogP contribution in [0.4, 0.5) is 5.13 Å². The fraction of sp³-hybridized carbons (Fsp3) is 0.278. The van der Waals surface area contributed by atoms with E-state index in [4.69, 9.17) is 4.74 Å². The van der Waals surface area contributed by atoms with Crippen LogP contribution in [0.5, 0.6) is 5.75 Å².